The van der Waals surface area contributed by atoms with Crippen molar-refractivity contribution >= 4 is 49.7 Å². The van der Waals surface area contributed by atoms with E-state index < -0.39 is 83.5 Å². The number of nitrogens with one attached hydrogen (secondary N) is 1. The van der Waals surface area contributed by atoms with Gasteiger partial charge in [-0.3, -0.25) is 37.0 Å². The molecule has 0 saturated carbocycles. The SMILES string of the molecule is Nc1nc2c(ncn2[C@@H]2O[C@@H]3COP(=O)(O)O[C@@H]4[C@H](O)[C@@H](COP(=O)(O)O[C@H]3[C@H]2O)O[C@H]4n2cnc3c(N)ncnc32)c(=O)[nH]1. The molecule has 4 aromatic heterocycles. The highest BCUT2D eigenvalue weighted by molar-refractivity contribution is 7.47. The number of nitrogens with zero attached hydrogens (tertiary/aromatic N) is 7. The van der Waals surface area contributed by atoms with E-state index in [0.29, 0.717) is 0 Å². The van der Waals surface area contributed by atoms with E-state index in [9.17, 15) is 33.9 Å². The van der Waals surface area contributed by atoms with Crippen LogP contribution < -0.4 is 17.0 Å². The average Bonchev–Trinajstić information content (AvgIpc) is 3.72. The molecule has 0 aromatic carbocycles. The van der Waals surface area contributed by atoms with E-state index in [2.05, 4.69) is 29.9 Å². The fraction of sp³-hybridized carbons (Fsp3) is 0.500. The minimum absolute atomic E-state index is 0.0210. The summed E-state index contributed by atoms with van der Waals surface area (Å²) in [7, 11) is -10.2. The van der Waals surface area contributed by atoms with Crippen molar-refractivity contribution < 1.29 is 56.7 Å². The van der Waals surface area contributed by atoms with Crippen LogP contribution in [-0.2, 0) is 36.7 Å². The maximum atomic E-state index is 13.2. The summed E-state index contributed by atoms with van der Waals surface area (Å²) < 4.78 is 61.1. The highest BCUT2D eigenvalue weighted by Crippen LogP contribution is 2.53. The van der Waals surface area contributed by atoms with Gasteiger partial charge in [-0.1, -0.05) is 0 Å². The number of ether oxygens (including phenoxy) is 2. The van der Waals surface area contributed by atoms with Crippen LogP contribution in [0.3, 0.4) is 0 Å². The molecule has 2 bridgehead atoms. The van der Waals surface area contributed by atoms with Crippen molar-refractivity contribution in [3.8, 4) is 0 Å². The Kier molecular flexibility index (Phi) is 7.27. The Morgan fingerprint density at radius 1 is 0.822 bits per heavy atom. The Morgan fingerprint density at radius 3 is 2.18 bits per heavy atom. The minimum atomic E-state index is -5.09. The average molecular weight is 674 g/mol. The molecule has 9 N–H and O–H groups in total. The number of nitrogens with two attached hydrogens (primary N) is 2. The summed E-state index contributed by atoms with van der Waals surface area (Å²) in [6.45, 7) is -1.65. The lowest BCUT2D eigenvalue weighted by Crippen LogP contribution is -2.36. The fourth-order valence-electron chi connectivity index (χ4n) is 5.30. The first-order chi connectivity index (χ1) is 21.3. The molecular weight excluding hydrogens is 650 g/mol. The number of hydrogen-bond acceptors (Lipinski definition) is 18. The van der Waals surface area contributed by atoms with Gasteiger partial charge in [0.25, 0.3) is 5.56 Å². The smallest absolute Gasteiger partial charge is 0.387 e. The van der Waals surface area contributed by atoms with Gasteiger partial charge in [-0.05, 0) is 0 Å². The first-order valence-electron chi connectivity index (χ1n) is 13.0. The standard InChI is InChI=1S/C20H24N10O13P2/c21-14-8-15(24-3-23-14)29(4-25-8)19-13-10(31)6(40-19)1-38-44(34,35)42-12-7(2-39-45(36,37)43-13)41-18(11(12)32)30-5-26-9-16(30)27-20(22)28-17(9)33/h3-7,10-13,18-19,31-32H,1-2H2,(H,34,35)(H,36,37)(H2,21,23,24)(H3,22,27,28,33)/t6-,7-,10-,11-,12-,13-,18-,19-/m1/s1. The highest BCUT2D eigenvalue weighted by atomic mass is 31.2. The predicted molar refractivity (Wildman–Crippen MR) is 143 cm³/mol. The van der Waals surface area contributed by atoms with Crippen molar-refractivity contribution in [2.75, 3.05) is 24.7 Å². The summed E-state index contributed by atoms with van der Waals surface area (Å²) in [5, 5.41) is 22.1. The third-order valence-corrected chi connectivity index (χ3v) is 9.29. The molecule has 0 radical (unpaired) electrons. The summed E-state index contributed by atoms with van der Waals surface area (Å²) in [6, 6.07) is 0. The van der Waals surface area contributed by atoms with Crippen molar-refractivity contribution in [3.63, 3.8) is 0 Å². The topological polar surface area (TPSA) is 330 Å². The molecule has 45 heavy (non-hydrogen) atoms. The molecular formula is C20H24N10O13P2. The van der Waals surface area contributed by atoms with Gasteiger partial charge in [-0.2, -0.15) is 4.98 Å². The number of aromatic nitrogens is 8. The summed E-state index contributed by atoms with van der Waals surface area (Å²) in [6.07, 6.45) is -9.21. The van der Waals surface area contributed by atoms with Crippen LogP contribution in [0.1, 0.15) is 12.5 Å². The number of aromatic amines is 1. The number of phosphoric ester groups is 2. The van der Waals surface area contributed by atoms with Crippen LogP contribution >= 0.6 is 15.6 Å². The number of hydrogen-bond donors (Lipinski definition) is 7. The van der Waals surface area contributed by atoms with E-state index in [0.717, 1.165) is 17.2 Å². The predicted octanol–water partition coefficient (Wildman–Crippen LogP) is -2.34. The van der Waals surface area contributed by atoms with Gasteiger partial charge in [0.15, 0.2) is 35.1 Å². The van der Waals surface area contributed by atoms with Gasteiger partial charge in [-0.25, -0.2) is 29.1 Å². The first kappa shape index (κ1) is 30.2. The molecule has 23 nitrogen and oxygen atoms in total. The van der Waals surface area contributed by atoms with Gasteiger partial charge in [0, 0.05) is 0 Å². The molecule has 2 unspecified atom stereocenters. The number of anilines is 2. The molecule has 7 heterocycles. The number of imidazole rings is 2. The summed E-state index contributed by atoms with van der Waals surface area (Å²) >= 11 is 0. The molecule has 3 aliphatic heterocycles. The van der Waals surface area contributed by atoms with Crippen molar-refractivity contribution in [1.29, 1.82) is 0 Å². The zero-order chi connectivity index (χ0) is 31.8. The van der Waals surface area contributed by atoms with E-state index >= 15 is 0 Å². The van der Waals surface area contributed by atoms with Gasteiger partial charge in [0.1, 0.15) is 48.5 Å². The van der Waals surface area contributed by atoms with Gasteiger partial charge in [-0.15, -0.1) is 0 Å². The minimum Gasteiger partial charge on any atom is -0.387 e. The molecule has 10 atom stereocenters. The van der Waals surface area contributed by atoms with Gasteiger partial charge >= 0.3 is 15.6 Å². The van der Waals surface area contributed by atoms with Crippen molar-refractivity contribution in [3.05, 3.63) is 29.3 Å². The first-order valence-corrected chi connectivity index (χ1v) is 15.9. The van der Waals surface area contributed by atoms with Crippen LogP contribution in [0.4, 0.5) is 11.8 Å². The zero-order valence-corrected chi connectivity index (χ0v) is 24.2. The number of fused-ring (bicyclic) bond motifs is 5. The number of rotatable bonds is 2. The second-order valence-corrected chi connectivity index (χ2v) is 13.0. The van der Waals surface area contributed by atoms with Crippen molar-refractivity contribution in [1.82, 2.24) is 39.0 Å². The van der Waals surface area contributed by atoms with Crippen LogP contribution in [-0.4, -0.2) is 109 Å². The zero-order valence-electron chi connectivity index (χ0n) is 22.4. The van der Waals surface area contributed by atoms with E-state index in [1.165, 1.54) is 10.9 Å². The summed E-state index contributed by atoms with van der Waals surface area (Å²) in [5.74, 6) is -0.250. The Bertz CT molecular complexity index is 1940. The summed E-state index contributed by atoms with van der Waals surface area (Å²) in [5.41, 5.74) is 10.8. The number of aliphatic hydroxyl groups excluding tert-OH is 2. The maximum Gasteiger partial charge on any atom is 0.472 e. The van der Waals surface area contributed by atoms with E-state index in [-0.39, 0.29) is 34.1 Å². The summed E-state index contributed by atoms with van der Waals surface area (Å²) in [4.78, 5) is 55.7. The van der Waals surface area contributed by atoms with E-state index in [1.54, 1.807) is 0 Å². The molecule has 242 valence electrons. The lowest BCUT2D eigenvalue weighted by Gasteiger charge is -2.25. The van der Waals surface area contributed by atoms with Gasteiger partial charge in [0.2, 0.25) is 5.95 Å². The molecule has 4 aromatic rings. The lowest BCUT2D eigenvalue weighted by atomic mass is 10.1. The molecule has 0 amide bonds. The van der Waals surface area contributed by atoms with Crippen molar-refractivity contribution in [2.45, 2.75) is 49.1 Å². The quantitative estimate of drug-likeness (QED) is 0.109. The highest BCUT2D eigenvalue weighted by Gasteiger charge is 2.54. The van der Waals surface area contributed by atoms with Crippen LogP contribution in [0, 0.1) is 0 Å². The Hall–Kier alpha value is -3.44. The monoisotopic (exact) mass is 674 g/mol. The number of phosphoric acid groups is 2. The second-order valence-electron chi connectivity index (χ2n) is 10.1. The fourth-order valence-corrected chi connectivity index (χ4v) is 7.19. The van der Waals surface area contributed by atoms with Crippen LogP contribution in [0.25, 0.3) is 22.3 Å². The maximum absolute atomic E-state index is 13.2. The molecule has 3 fully saturated rings. The Morgan fingerprint density at radius 2 is 1.44 bits per heavy atom. The third-order valence-electron chi connectivity index (χ3n) is 7.32. The Labute approximate surface area is 248 Å². The van der Waals surface area contributed by atoms with Gasteiger partial charge < -0.3 is 40.9 Å². The molecule has 0 spiro atoms. The lowest BCUT2D eigenvalue weighted by molar-refractivity contribution is -0.0672. The number of H-pyrrole nitrogens is 1. The normalized spacial score (nSPS) is 37.7. The van der Waals surface area contributed by atoms with Crippen molar-refractivity contribution in [2.24, 2.45) is 0 Å². The van der Waals surface area contributed by atoms with Crippen LogP contribution in [0.15, 0.2) is 23.8 Å². The molecule has 0 aliphatic carbocycles. The molecule has 3 aliphatic rings. The molecule has 7 rings (SSSR count). The largest absolute Gasteiger partial charge is 0.472 e. The van der Waals surface area contributed by atoms with Gasteiger partial charge in [0.05, 0.1) is 25.9 Å². The Balaban J connectivity index is 1.21. The number of aliphatic hydroxyl groups is 2. The third kappa shape index (κ3) is 5.31. The van der Waals surface area contributed by atoms with Crippen LogP contribution in [0.5, 0.6) is 0 Å². The number of nitrogen functional groups attached to an aromatic ring is 2. The van der Waals surface area contributed by atoms with E-state index in [1.807, 2.05) is 0 Å². The van der Waals surface area contributed by atoms with E-state index in [4.69, 9.17) is 39.0 Å². The second kappa shape index (κ2) is 10.8. The van der Waals surface area contributed by atoms with Crippen LogP contribution in [0.2, 0.25) is 0 Å². The molecule has 3 saturated heterocycles. The molecule has 25 heteroatoms.